The van der Waals surface area contributed by atoms with Crippen LogP contribution in [0.1, 0.15) is 30.6 Å². The molecule has 126 valence electrons. The number of hydrogen-bond acceptors (Lipinski definition) is 4. The number of ether oxygens (including phenoxy) is 1. The van der Waals surface area contributed by atoms with Gasteiger partial charge in [-0.1, -0.05) is 13.0 Å². The molecule has 0 saturated carbocycles. The van der Waals surface area contributed by atoms with Crippen molar-refractivity contribution in [2.24, 2.45) is 5.92 Å². The highest BCUT2D eigenvalue weighted by molar-refractivity contribution is 5.97. The van der Waals surface area contributed by atoms with Crippen LogP contribution >= 0.6 is 0 Å². The summed E-state index contributed by atoms with van der Waals surface area (Å²) >= 11 is 0. The van der Waals surface area contributed by atoms with E-state index in [1.807, 2.05) is 0 Å². The minimum Gasteiger partial charge on any atom is -0.480 e. The van der Waals surface area contributed by atoms with Crippen LogP contribution in [0.3, 0.4) is 0 Å². The topological polar surface area (TPSA) is 92.7 Å². The standard InChI is InChI=1S/C15H17F2NO5/c1-3-23-11(19)7-8(2)13(15(21)22)18-14(20)9-5-4-6-10(16)12(9)17/h4-6,8,13H,3,7H2,1-2H3,(H,18,20)(H,21,22)/t8-,13-/m1/s1. The minimum atomic E-state index is -1.45. The number of carboxylic acid groups (broad SMARTS) is 1. The highest BCUT2D eigenvalue weighted by atomic mass is 19.2. The molecule has 0 aromatic heterocycles. The average molecular weight is 329 g/mol. The zero-order valence-corrected chi connectivity index (χ0v) is 12.6. The van der Waals surface area contributed by atoms with Crippen LogP contribution in [0.4, 0.5) is 8.78 Å². The van der Waals surface area contributed by atoms with Crippen LogP contribution in [0.5, 0.6) is 0 Å². The van der Waals surface area contributed by atoms with Gasteiger partial charge in [-0.3, -0.25) is 9.59 Å². The van der Waals surface area contributed by atoms with Gasteiger partial charge in [0.15, 0.2) is 11.6 Å². The van der Waals surface area contributed by atoms with Crippen molar-refractivity contribution in [1.29, 1.82) is 0 Å². The van der Waals surface area contributed by atoms with Crippen LogP contribution < -0.4 is 5.32 Å². The van der Waals surface area contributed by atoms with Crippen LogP contribution in [0.15, 0.2) is 18.2 Å². The molecule has 0 aliphatic carbocycles. The Labute approximate surface area is 131 Å². The van der Waals surface area contributed by atoms with E-state index in [1.54, 1.807) is 6.92 Å². The normalized spacial score (nSPS) is 13.0. The van der Waals surface area contributed by atoms with E-state index in [2.05, 4.69) is 5.32 Å². The number of amides is 1. The Bertz CT molecular complexity index is 606. The molecule has 2 N–H and O–H groups in total. The summed E-state index contributed by atoms with van der Waals surface area (Å²) in [6.45, 7) is 3.17. The van der Waals surface area contributed by atoms with Crippen molar-refractivity contribution >= 4 is 17.8 Å². The first-order valence-corrected chi connectivity index (χ1v) is 6.91. The summed E-state index contributed by atoms with van der Waals surface area (Å²) in [5.41, 5.74) is -0.611. The van der Waals surface area contributed by atoms with Gasteiger partial charge in [0.25, 0.3) is 5.91 Å². The lowest BCUT2D eigenvalue weighted by Gasteiger charge is -2.21. The number of carboxylic acids is 1. The molecule has 8 heteroatoms. The van der Waals surface area contributed by atoms with E-state index in [9.17, 15) is 28.3 Å². The van der Waals surface area contributed by atoms with Crippen LogP contribution in [-0.2, 0) is 14.3 Å². The summed E-state index contributed by atoms with van der Waals surface area (Å²) in [5, 5.41) is 11.3. The molecule has 2 atom stereocenters. The van der Waals surface area contributed by atoms with Crippen molar-refractivity contribution in [1.82, 2.24) is 5.32 Å². The highest BCUT2D eigenvalue weighted by Crippen LogP contribution is 2.14. The number of rotatable bonds is 7. The van der Waals surface area contributed by atoms with E-state index in [0.717, 1.165) is 18.2 Å². The molecular formula is C15H17F2NO5. The molecule has 1 aromatic carbocycles. The zero-order chi connectivity index (χ0) is 17.6. The molecule has 0 radical (unpaired) electrons. The van der Waals surface area contributed by atoms with Gasteiger partial charge < -0.3 is 15.2 Å². The summed E-state index contributed by atoms with van der Waals surface area (Å²) in [4.78, 5) is 34.6. The van der Waals surface area contributed by atoms with Gasteiger partial charge >= 0.3 is 11.9 Å². The van der Waals surface area contributed by atoms with Crippen molar-refractivity contribution in [3.63, 3.8) is 0 Å². The number of carbonyl (C=O) groups excluding carboxylic acids is 2. The molecule has 1 aromatic rings. The van der Waals surface area contributed by atoms with E-state index >= 15 is 0 Å². The van der Waals surface area contributed by atoms with E-state index in [1.165, 1.54) is 6.92 Å². The molecule has 6 nitrogen and oxygen atoms in total. The number of benzene rings is 1. The lowest BCUT2D eigenvalue weighted by molar-refractivity contribution is -0.145. The third-order valence-electron chi connectivity index (χ3n) is 3.11. The number of carbonyl (C=O) groups is 3. The van der Waals surface area contributed by atoms with Crippen molar-refractivity contribution in [2.75, 3.05) is 6.61 Å². The summed E-state index contributed by atoms with van der Waals surface area (Å²) < 4.78 is 31.4. The van der Waals surface area contributed by atoms with E-state index in [4.69, 9.17) is 4.74 Å². The fourth-order valence-corrected chi connectivity index (χ4v) is 1.95. The lowest BCUT2D eigenvalue weighted by atomic mass is 9.98. The zero-order valence-electron chi connectivity index (χ0n) is 12.6. The second-order valence-electron chi connectivity index (χ2n) is 4.88. The lowest BCUT2D eigenvalue weighted by Crippen LogP contribution is -2.46. The van der Waals surface area contributed by atoms with Gasteiger partial charge in [-0.2, -0.15) is 0 Å². The van der Waals surface area contributed by atoms with Crippen LogP contribution in [0, 0.1) is 17.6 Å². The second kappa shape index (κ2) is 8.21. The molecule has 0 spiro atoms. The minimum absolute atomic E-state index is 0.143. The molecule has 0 saturated heterocycles. The molecule has 0 bridgehead atoms. The first kappa shape index (κ1) is 18.5. The molecule has 0 fully saturated rings. The third-order valence-corrected chi connectivity index (χ3v) is 3.11. The van der Waals surface area contributed by atoms with Gasteiger partial charge in [0.2, 0.25) is 0 Å². The molecule has 23 heavy (non-hydrogen) atoms. The largest absolute Gasteiger partial charge is 0.480 e. The predicted molar refractivity (Wildman–Crippen MR) is 75.7 cm³/mol. The Kier molecular flexibility index (Phi) is 6.62. The van der Waals surface area contributed by atoms with Gasteiger partial charge in [-0.15, -0.1) is 0 Å². The Balaban J connectivity index is 2.87. The van der Waals surface area contributed by atoms with Gasteiger partial charge in [0, 0.05) is 0 Å². The van der Waals surface area contributed by atoms with Crippen molar-refractivity contribution in [3.8, 4) is 0 Å². The number of aliphatic carboxylic acids is 1. The Hall–Kier alpha value is -2.51. The molecule has 1 rings (SSSR count). The quantitative estimate of drug-likeness (QED) is 0.743. The second-order valence-corrected chi connectivity index (χ2v) is 4.88. The number of halogens is 2. The van der Waals surface area contributed by atoms with Gasteiger partial charge in [0.05, 0.1) is 18.6 Å². The maximum absolute atomic E-state index is 13.6. The van der Waals surface area contributed by atoms with Crippen LogP contribution in [-0.4, -0.2) is 35.6 Å². The Morgan fingerprint density at radius 3 is 2.52 bits per heavy atom. The van der Waals surface area contributed by atoms with E-state index < -0.39 is 47.0 Å². The molecule has 0 aliphatic rings. The summed E-state index contributed by atoms with van der Waals surface area (Å²) in [7, 11) is 0. The fraction of sp³-hybridized carbons (Fsp3) is 0.400. The summed E-state index contributed by atoms with van der Waals surface area (Å²) in [6, 6.07) is 1.55. The number of esters is 1. The molecule has 1 amide bonds. The number of nitrogens with one attached hydrogen (secondary N) is 1. The van der Waals surface area contributed by atoms with Crippen molar-refractivity contribution < 1.29 is 33.0 Å². The predicted octanol–water partition coefficient (Wildman–Crippen LogP) is 1.74. The first-order valence-electron chi connectivity index (χ1n) is 6.91. The Morgan fingerprint density at radius 2 is 1.96 bits per heavy atom. The van der Waals surface area contributed by atoms with Gasteiger partial charge in [-0.25, -0.2) is 13.6 Å². The maximum atomic E-state index is 13.6. The highest BCUT2D eigenvalue weighted by Gasteiger charge is 2.30. The van der Waals surface area contributed by atoms with E-state index in [-0.39, 0.29) is 13.0 Å². The third kappa shape index (κ3) is 5.01. The maximum Gasteiger partial charge on any atom is 0.326 e. The summed E-state index contributed by atoms with van der Waals surface area (Å²) in [6.07, 6.45) is -0.239. The molecule has 0 aliphatic heterocycles. The van der Waals surface area contributed by atoms with Crippen LogP contribution in [0.25, 0.3) is 0 Å². The SMILES string of the molecule is CCOC(=O)C[C@@H](C)[C@@H](NC(=O)c1cccc(F)c1F)C(=O)O. The van der Waals surface area contributed by atoms with Crippen molar-refractivity contribution in [2.45, 2.75) is 26.3 Å². The van der Waals surface area contributed by atoms with Gasteiger partial charge in [0.1, 0.15) is 6.04 Å². The van der Waals surface area contributed by atoms with Crippen LogP contribution in [0.2, 0.25) is 0 Å². The van der Waals surface area contributed by atoms with Crippen molar-refractivity contribution in [3.05, 3.63) is 35.4 Å². The molecular weight excluding hydrogens is 312 g/mol. The average Bonchev–Trinajstić information content (AvgIpc) is 2.47. The first-order chi connectivity index (χ1) is 10.8. The van der Waals surface area contributed by atoms with E-state index in [0.29, 0.717) is 0 Å². The molecule has 0 unspecified atom stereocenters. The Morgan fingerprint density at radius 1 is 1.30 bits per heavy atom. The summed E-state index contributed by atoms with van der Waals surface area (Å²) in [5.74, 6) is -6.47. The number of hydrogen-bond donors (Lipinski definition) is 2. The van der Waals surface area contributed by atoms with Gasteiger partial charge in [-0.05, 0) is 25.0 Å². The monoisotopic (exact) mass is 329 g/mol. The smallest absolute Gasteiger partial charge is 0.326 e. The fourth-order valence-electron chi connectivity index (χ4n) is 1.95. The molecule has 0 heterocycles.